The third-order valence-corrected chi connectivity index (χ3v) is 2.84. The number of hydrogen-bond acceptors (Lipinski definition) is 5. The molecule has 0 amide bonds. The van der Waals surface area contributed by atoms with Gasteiger partial charge in [0.05, 0.1) is 11.6 Å². The molecule has 5 heteroatoms. The van der Waals surface area contributed by atoms with Gasteiger partial charge in [0.2, 0.25) is 0 Å². The first-order valence-corrected chi connectivity index (χ1v) is 5.91. The van der Waals surface area contributed by atoms with E-state index in [2.05, 4.69) is 20.6 Å². The van der Waals surface area contributed by atoms with E-state index in [4.69, 9.17) is 0 Å². The van der Waals surface area contributed by atoms with Gasteiger partial charge in [-0.15, -0.1) is 0 Å². The van der Waals surface area contributed by atoms with Gasteiger partial charge >= 0.3 is 0 Å². The summed E-state index contributed by atoms with van der Waals surface area (Å²) in [4.78, 5) is 8.71. The first-order chi connectivity index (χ1) is 7.89. The van der Waals surface area contributed by atoms with Crippen molar-refractivity contribution < 1.29 is 5.11 Å². The highest BCUT2D eigenvalue weighted by Gasteiger charge is 2.24. The molecule has 0 bridgehead atoms. The average Bonchev–Trinajstić information content (AvgIpc) is 2.27. The highest BCUT2D eigenvalue weighted by atomic mass is 16.3. The van der Waals surface area contributed by atoms with Crippen LogP contribution < -0.4 is 10.6 Å². The zero-order chi connectivity index (χ0) is 13.1. The van der Waals surface area contributed by atoms with Gasteiger partial charge < -0.3 is 15.7 Å². The van der Waals surface area contributed by atoms with E-state index in [1.54, 1.807) is 6.92 Å². The average molecular weight is 238 g/mol. The molecule has 0 fully saturated rings. The Kier molecular flexibility index (Phi) is 4.28. The fraction of sp³-hybridized carbons (Fsp3) is 0.667. The van der Waals surface area contributed by atoms with Crippen molar-refractivity contribution in [3.63, 3.8) is 0 Å². The van der Waals surface area contributed by atoms with Gasteiger partial charge in [0.25, 0.3) is 0 Å². The van der Waals surface area contributed by atoms with E-state index in [0.29, 0.717) is 0 Å². The van der Waals surface area contributed by atoms with Gasteiger partial charge in [-0.2, -0.15) is 0 Å². The molecule has 17 heavy (non-hydrogen) atoms. The second-order valence-electron chi connectivity index (χ2n) is 4.68. The topological polar surface area (TPSA) is 70.1 Å². The molecule has 96 valence electrons. The molecule has 0 saturated heterocycles. The van der Waals surface area contributed by atoms with E-state index in [-0.39, 0.29) is 0 Å². The number of aliphatic hydroxyl groups excluding tert-OH is 1. The lowest BCUT2D eigenvalue weighted by molar-refractivity contribution is 0.133. The van der Waals surface area contributed by atoms with Crippen LogP contribution >= 0.6 is 0 Å². The minimum absolute atomic E-state index is 0.426. The fourth-order valence-corrected chi connectivity index (χ4v) is 1.28. The minimum Gasteiger partial charge on any atom is -0.391 e. The predicted molar refractivity (Wildman–Crippen MR) is 70.3 cm³/mol. The normalized spacial score (nSPS) is 13.3. The van der Waals surface area contributed by atoms with E-state index < -0.39 is 11.6 Å². The van der Waals surface area contributed by atoms with Gasteiger partial charge in [-0.05, 0) is 20.8 Å². The van der Waals surface area contributed by atoms with Crippen molar-refractivity contribution in [2.45, 2.75) is 45.8 Å². The van der Waals surface area contributed by atoms with Crippen LogP contribution in [0.1, 0.15) is 33.5 Å². The van der Waals surface area contributed by atoms with Gasteiger partial charge in [0.15, 0.2) is 0 Å². The van der Waals surface area contributed by atoms with Crippen molar-refractivity contribution in [1.29, 1.82) is 0 Å². The third kappa shape index (κ3) is 3.56. The van der Waals surface area contributed by atoms with Crippen LogP contribution in [0.25, 0.3) is 0 Å². The zero-order valence-corrected chi connectivity index (χ0v) is 11.2. The summed E-state index contributed by atoms with van der Waals surface area (Å²) in [7, 11) is 1.82. The maximum absolute atomic E-state index is 9.67. The largest absolute Gasteiger partial charge is 0.391 e. The highest BCUT2D eigenvalue weighted by molar-refractivity contribution is 5.48. The number of aromatic nitrogens is 2. The lowest BCUT2D eigenvalue weighted by atomic mass is 9.99. The monoisotopic (exact) mass is 238 g/mol. The van der Waals surface area contributed by atoms with E-state index >= 15 is 0 Å². The number of hydrogen-bond donors (Lipinski definition) is 3. The first-order valence-electron chi connectivity index (χ1n) is 5.91. The molecule has 0 aromatic carbocycles. The molecule has 0 radical (unpaired) electrons. The first kappa shape index (κ1) is 13.7. The Balaban J connectivity index is 2.98. The summed E-state index contributed by atoms with van der Waals surface area (Å²) < 4.78 is 0. The van der Waals surface area contributed by atoms with Crippen molar-refractivity contribution in [3.8, 4) is 0 Å². The van der Waals surface area contributed by atoms with Crippen LogP contribution in [0.3, 0.4) is 0 Å². The molecule has 1 aromatic rings. The summed E-state index contributed by atoms with van der Waals surface area (Å²) in [6.45, 7) is 7.64. The molecule has 3 N–H and O–H groups in total. The molecular weight excluding hydrogens is 216 g/mol. The van der Waals surface area contributed by atoms with Crippen molar-refractivity contribution >= 4 is 11.6 Å². The van der Waals surface area contributed by atoms with Crippen molar-refractivity contribution in [3.05, 3.63) is 11.9 Å². The predicted octanol–water partition coefficient (Wildman–Crippen LogP) is 1.65. The van der Waals surface area contributed by atoms with Crippen LogP contribution in [0.2, 0.25) is 0 Å². The fourth-order valence-electron chi connectivity index (χ4n) is 1.28. The zero-order valence-electron chi connectivity index (χ0n) is 11.2. The second-order valence-corrected chi connectivity index (χ2v) is 4.68. The molecule has 0 aliphatic heterocycles. The SMILES string of the molecule is CCc1nc(NC)cc(NC(C)(C)C(C)O)n1. The Morgan fingerprint density at radius 3 is 2.41 bits per heavy atom. The number of aryl methyl sites for hydroxylation is 1. The van der Waals surface area contributed by atoms with E-state index in [1.165, 1.54) is 0 Å². The molecule has 0 saturated carbocycles. The van der Waals surface area contributed by atoms with Crippen molar-refractivity contribution in [2.75, 3.05) is 17.7 Å². The molecule has 1 unspecified atom stereocenters. The maximum atomic E-state index is 9.67. The van der Waals surface area contributed by atoms with E-state index in [0.717, 1.165) is 23.9 Å². The lowest BCUT2D eigenvalue weighted by Crippen LogP contribution is -2.42. The highest BCUT2D eigenvalue weighted by Crippen LogP contribution is 2.19. The van der Waals surface area contributed by atoms with Gasteiger partial charge in [0.1, 0.15) is 17.5 Å². The van der Waals surface area contributed by atoms with Crippen molar-refractivity contribution in [1.82, 2.24) is 9.97 Å². The summed E-state index contributed by atoms with van der Waals surface area (Å²) in [5, 5.41) is 15.9. The quantitative estimate of drug-likeness (QED) is 0.727. The second kappa shape index (κ2) is 5.31. The summed E-state index contributed by atoms with van der Waals surface area (Å²) in [5.41, 5.74) is -0.426. The maximum Gasteiger partial charge on any atom is 0.132 e. The molecule has 1 rings (SSSR count). The number of aliphatic hydroxyl groups is 1. The van der Waals surface area contributed by atoms with Crippen LogP contribution in [-0.2, 0) is 6.42 Å². The standard InChI is InChI=1S/C12H22N4O/c1-6-9-14-10(13-5)7-11(15-9)16-12(3,4)8(2)17/h7-8,17H,6H2,1-5H3,(H2,13,14,15,16). The molecule has 1 heterocycles. The number of anilines is 2. The molecule has 1 aromatic heterocycles. The summed E-state index contributed by atoms with van der Waals surface area (Å²) in [6, 6.07) is 1.84. The molecule has 0 spiro atoms. The van der Waals surface area contributed by atoms with Crippen LogP contribution in [-0.4, -0.2) is 33.8 Å². The molecule has 1 atom stereocenters. The van der Waals surface area contributed by atoms with Crippen LogP contribution in [0.5, 0.6) is 0 Å². The van der Waals surface area contributed by atoms with E-state index in [9.17, 15) is 5.11 Å². The smallest absolute Gasteiger partial charge is 0.132 e. The van der Waals surface area contributed by atoms with Crippen LogP contribution in [0, 0.1) is 0 Å². The van der Waals surface area contributed by atoms with Crippen LogP contribution in [0.15, 0.2) is 6.07 Å². The lowest BCUT2D eigenvalue weighted by Gasteiger charge is -2.30. The van der Waals surface area contributed by atoms with E-state index in [1.807, 2.05) is 33.9 Å². The number of rotatable bonds is 5. The Morgan fingerprint density at radius 2 is 1.94 bits per heavy atom. The van der Waals surface area contributed by atoms with Gasteiger partial charge in [0, 0.05) is 19.5 Å². The van der Waals surface area contributed by atoms with Crippen molar-refractivity contribution in [2.24, 2.45) is 0 Å². The van der Waals surface area contributed by atoms with Crippen LogP contribution in [0.4, 0.5) is 11.6 Å². The van der Waals surface area contributed by atoms with Gasteiger partial charge in [-0.25, -0.2) is 9.97 Å². The summed E-state index contributed by atoms with van der Waals surface area (Å²) in [5.74, 6) is 2.29. The Hall–Kier alpha value is -1.36. The van der Waals surface area contributed by atoms with Gasteiger partial charge in [-0.1, -0.05) is 6.92 Å². The minimum atomic E-state index is -0.472. The number of nitrogens with one attached hydrogen (secondary N) is 2. The Labute approximate surface area is 103 Å². The third-order valence-electron chi connectivity index (χ3n) is 2.84. The molecule has 0 aliphatic rings. The summed E-state index contributed by atoms with van der Waals surface area (Å²) in [6.07, 6.45) is 0.305. The molecular formula is C12H22N4O. The molecule has 0 aliphatic carbocycles. The Morgan fingerprint density at radius 1 is 1.35 bits per heavy atom. The molecule has 5 nitrogen and oxygen atoms in total. The summed E-state index contributed by atoms with van der Waals surface area (Å²) >= 11 is 0. The Bertz CT molecular complexity index is 355. The number of nitrogens with zero attached hydrogens (tertiary/aromatic N) is 2. The van der Waals surface area contributed by atoms with Gasteiger partial charge in [-0.3, -0.25) is 0 Å².